The summed E-state index contributed by atoms with van der Waals surface area (Å²) in [5, 5.41) is 0. The van der Waals surface area contributed by atoms with Crippen molar-refractivity contribution < 1.29 is 0 Å². The fourth-order valence-electron chi connectivity index (χ4n) is 3.28. The van der Waals surface area contributed by atoms with Crippen LogP contribution in [0.25, 0.3) is 0 Å². The van der Waals surface area contributed by atoms with Crippen molar-refractivity contribution in [3.63, 3.8) is 0 Å². The Morgan fingerprint density at radius 1 is 1.06 bits per heavy atom. The van der Waals surface area contributed by atoms with Gasteiger partial charge in [0, 0.05) is 29.2 Å². The van der Waals surface area contributed by atoms with Gasteiger partial charge in [0.05, 0.1) is 0 Å². The first kappa shape index (κ1) is 11.5. The molecule has 92 valence electrons. The molecule has 2 heterocycles. The van der Waals surface area contributed by atoms with Gasteiger partial charge in [-0.05, 0) is 40.9 Å². The summed E-state index contributed by atoms with van der Waals surface area (Å²) in [6.07, 6.45) is 10.5. The van der Waals surface area contributed by atoms with E-state index in [0.717, 1.165) is 10.3 Å². The van der Waals surface area contributed by atoms with Crippen LogP contribution >= 0.6 is 15.9 Å². The number of nitrogens with zero attached hydrogens (tertiary/aromatic N) is 2. The largest absolute Gasteiger partial charge is 0.355 e. The molecule has 2 aliphatic rings. The molecule has 1 aliphatic carbocycles. The van der Waals surface area contributed by atoms with E-state index in [-0.39, 0.29) is 0 Å². The SMILES string of the molecule is Brc1ccc(N2CC3(CCCCCC3)C2)nc1. The van der Waals surface area contributed by atoms with Gasteiger partial charge >= 0.3 is 0 Å². The topological polar surface area (TPSA) is 16.1 Å². The number of aromatic nitrogens is 1. The Bertz CT molecular complexity index is 372. The van der Waals surface area contributed by atoms with Gasteiger partial charge in [-0.1, -0.05) is 25.7 Å². The van der Waals surface area contributed by atoms with E-state index >= 15 is 0 Å². The van der Waals surface area contributed by atoms with Crippen molar-refractivity contribution in [1.82, 2.24) is 4.98 Å². The van der Waals surface area contributed by atoms with E-state index in [2.05, 4.69) is 37.9 Å². The molecule has 0 N–H and O–H groups in total. The van der Waals surface area contributed by atoms with Crippen LogP contribution in [-0.2, 0) is 0 Å². The molecule has 2 fully saturated rings. The van der Waals surface area contributed by atoms with Crippen LogP contribution in [0.5, 0.6) is 0 Å². The molecule has 3 heteroatoms. The lowest BCUT2D eigenvalue weighted by atomic mass is 9.73. The minimum atomic E-state index is 0.630. The van der Waals surface area contributed by atoms with Gasteiger partial charge in [-0.3, -0.25) is 0 Å². The number of pyridine rings is 1. The van der Waals surface area contributed by atoms with Gasteiger partial charge in [0.2, 0.25) is 0 Å². The highest BCUT2D eigenvalue weighted by molar-refractivity contribution is 9.10. The summed E-state index contributed by atoms with van der Waals surface area (Å²) in [6, 6.07) is 4.20. The van der Waals surface area contributed by atoms with Crippen molar-refractivity contribution in [2.45, 2.75) is 38.5 Å². The fourth-order valence-corrected chi connectivity index (χ4v) is 3.51. The second-order valence-corrected chi connectivity index (χ2v) is 6.52. The van der Waals surface area contributed by atoms with Crippen molar-refractivity contribution in [2.24, 2.45) is 5.41 Å². The summed E-state index contributed by atoms with van der Waals surface area (Å²) in [6.45, 7) is 2.45. The van der Waals surface area contributed by atoms with Gasteiger partial charge in [0.25, 0.3) is 0 Å². The third kappa shape index (κ3) is 2.35. The van der Waals surface area contributed by atoms with Gasteiger partial charge in [-0.2, -0.15) is 0 Å². The van der Waals surface area contributed by atoms with E-state index < -0.39 is 0 Å². The summed E-state index contributed by atoms with van der Waals surface area (Å²) in [5.74, 6) is 1.14. The first-order valence-corrected chi connectivity index (χ1v) is 7.43. The van der Waals surface area contributed by atoms with Crippen LogP contribution in [0, 0.1) is 5.41 Å². The van der Waals surface area contributed by atoms with Gasteiger partial charge < -0.3 is 4.90 Å². The molecular formula is C14H19BrN2. The molecule has 1 aromatic heterocycles. The minimum absolute atomic E-state index is 0.630. The summed E-state index contributed by atoms with van der Waals surface area (Å²) in [5.41, 5.74) is 0.630. The number of rotatable bonds is 1. The third-order valence-electron chi connectivity index (χ3n) is 4.25. The lowest BCUT2D eigenvalue weighted by molar-refractivity contribution is 0.179. The second kappa shape index (κ2) is 4.60. The Hall–Kier alpha value is -0.570. The van der Waals surface area contributed by atoms with Crippen LogP contribution in [0.15, 0.2) is 22.8 Å². The fraction of sp³-hybridized carbons (Fsp3) is 0.643. The molecule has 2 nitrogen and oxygen atoms in total. The van der Waals surface area contributed by atoms with Crippen LogP contribution in [0.3, 0.4) is 0 Å². The van der Waals surface area contributed by atoms with Crippen molar-refractivity contribution in [2.75, 3.05) is 18.0 Å². The van der Waals surface area contributed by atoms with Crippen LogP contribution in [0.2, 0.25) is 0 Å². The van der Waals surface area contributed by atoms with Crippen molar-refractivity contribution in [1.29, 1.82) is 0 Å². The van der Waals surface area contributed by atoms with Gasteiger partial charge in [-0.25, -0.2) is 4.98 Å². The standard InChI is InChI=1S/C14H19BrN2/c15-12-5-6-13(16-9-12)17-10-14(11-17)7-3-1-2-4-8-14/h5-6,9H,1-4,7-8,10-11H2. The molecule has 3 rings (SSSR count). The van der Waals surface area contributed by atoms with Crippen LogP contribution in [-0.4, -0.2) is 18.1 Å². The molecule has 0 aromatic carbocycles. The molecule has 0 bridgehead atoms. The van der Waals surface area contributed by atoms with Crippen molar-refractivity contribution in [3.8, 4) is 0 Å². The Kier molecular flexibility index (Phi) is 3.12. The zero-order valence-corrected chi connectivity index (χ0v) is 11.7. The monoisotopic (exact) mass is 294 g/mol. The lowest BCUT2D eigenvalue weighted by Gasteiger charge is -2.51. The molecule has 1 aliphatic heterocycles. The van der Waals surface area contributed by atoms with Crippen molar-refractivity contribution >= 4 is 21.7 Å². The molecule has 1 saturated carbocycles. The highest BCUT2D eigenvalue weighted by Gasteiger charge is 2.42. The third-order valence-corrected chi connectivity index (χ3v) is 4.72. The predicted octanol–water partition coefficient (Wildman–Crippen LogP) is 4.00. The van der Waals surface area contributed by atoms with Gasteiger partial charge in [0.1, 0.15) is 5.82 Å². The maximum absolute atomic E-state index is 4.48. The van der Waals surface area contributed by atoms with E-state index in [1.165, 1.54) is 51.6 Å². The Labute approximate surface area is 112 Å². The Morgan fingerprint density at radius 2 is 1.76 bits per heavy atom. The zero-order valence-electron chi connectivity index (χ0n) is 10.2. The molecule has 1 aromatic rings. The maximum Gasteiger partial charge on any atom is 0.128 e. The molecule has 0 unspecified atom stereocenters. The molecule has 1 spiro atoms. The van der Waals surface area contributed by atoms with E-state index in [1.54, 1.807) is 0 Å². The van der Waals surface area contributed by atoms with Crippen LogP contribution < -0.4 is 4.90 Å². The first-order chi connectivity index (χ1) is 8.27. The molecule has 0 radical (unpaired) electrons. The number of anilines is 1. The number of hydrogen-bond donors (Lipinski definition) is 0. The van der Waals surface area contributed by atoms with Gasteiger partial charge in [-0.15, -0.1) is 0 Å². The summed E-state index contributed by atoms with van der Waals surface area (Å²) in [7, 11) is 0. The minimum Gasteiger partial charge on any atom is -0.355 e. The highest BCUT2D eigenvalue weighted by atomic mass is 79.9. The predicted molar refractivity (Wildman–Crippen MR) is 74.3 cm³/mol. The lowest BCUT2D eigenvalue weighted by Crippen LogP contribution is -2.56. The smallest absolute Gasteiger partial charge is 0.128 e. The molecule has 0 atom stereocenters. The average Bonchev–Trinajstić information content (AvgIpc) is 2.54. The quantitative estimate of drug-likeness (QED) is 0.778. The van der Waals surface area contributed by atoms with E-state index in [1.807, 2.05) is 6.20 Å². The Morgan fingerprint density at radius 3 is 2.35 bits per heavy atom. The number of halogens is 1. The van der Waals surface area contributed by atoms with Crippen LogP contribution in [0.4, 0.5) is 5.82 Å². The maximum atomic E-state index is 4.48. The number of hydrogen-bond acceptors (Lipinski definition) is 2. The Balaban J connectivity index is 1.65. The normalized spacial score (nSPS) is 23.2. The van der Waals surface area contributed by atoms with E-state index in [0.29, 0.717) is 5.41 Å². The van der Waals surface area contributed by atoms with Gasteiger partial charge in [0.15, 0.2) is 0 Å². The molecule has 1 saturated heterocycles. The summed E-state index contributed by atoms with van der Waals surface area (Å²) >= 11 is 3.43. The first-order valence-electron chi connectivity index (χ1n) is 6.64. The summed E-state index contributed by atoms with van der Waals surface area (Å²) < 4.78 is 1.06. The average molecular weight is 295 g/mol. The highest BCUT2D eigenvalue weighted by Crippen LogP contribution is 2.44. The van der Waals surface area contributed by atoms with E-state index in [9.17, 15) is 0 Å². The van der Waals surface area contributed by atoms with E-state index in [4.69, 9.17) is 0 Å². The van der Waals surface area contributed by atoms with Crippen molar-refractivity contribution in [3.05, 3.63) is 22.8 Å². The van der Waals surface area contributed by atoms with Crippen LogP contribution in [0.1, 0.15) is 38.5 Å². The zero-order chi connectivity index (χ0) is 11.7. The molecule has 17 heavy (non-hydrogen) atoms. The second-order valence-electron chi connectivity index (χ2n) is 5.60. The molecular weight excluding hydrogens is 276 g/mol. The summed E-state index contributed by atoms with van der Waals surface area (Å²) in [4.78, 5) is 6.91. The molecule has 0 amide bonds.